The Balaban J connectivity index is 1.35. The lowest BCUT2D eigenvalue weighted by molar-refractivity contribution is -0.115. The van der Waals surface area contributed by atoms with E-state index in [0.29, 0.717) is 40.6 Å². The summed E-state index contributed by atoms with van der Waals surface area (Å²) in [5.41, 5.74) is 1.19. The third kappa shape index (κ3) is 5.60. The molecule has 0 aliphatic carbocycles. The number of nitrogens with zero attached hydrogens (tertiary/aromatic N) is 4. The normalized spacial score (nSPS) is 18.3. The summed E-state index contributed by atoms with van der Waals surface area (Å²) in [7, 11) is 1.52. The summed E-state index contributed by atoms with van der Waals surface area (Å²) in [4.78, 5) is 38.5. The maximum absolute atomic E-state index is 13.2. The average Bonchev–Trinajstić information content (AvgIpc) is 3.10. The minimum absolute atomic E-state index is 0.291. The maximum Gasteiger partial charge on any atom is 0.290 e. The van der Waals surface area contributed by atoms with Crippen LogP contribution in [0.5, 0.6) is 5.88 Å². The van der Waals surface area contributed by atoms with Gasteiger partial charge in [-0.2, -0.15) is 9.37 Å². The van der Waals surface area contributed by atoms with E-state index in [-0.39, 0.29) is 0 Å². The molecule has 2 aliphatic heterocycles. The number of anilines is 1. The zero-order valence-corrected chi connectivity index (χ0v) is 18.3. The second-order valence-electron chi connectivity index (χ2n) is 7.50. The Hall–Kier alpha value is -3.05. The van der Waals surface area contributed by atoms with Crippen LogP contribution in [0.25, 0.3) is 6.08 Å². The van der Waals surface area contributed by atoms with Gasteiger partial charge in [0, 0.05) is 25.7 Å². The number of thioether (sulfide) groups is 1. The van der Waals surface area contributed by atoms with Crippen LogP contribution in [0.2, 0.25) is 0 Å². The van der Waals surface area contributed by atoms with Gasteiger partial charge in [0.15, 0.2) is 0 Å². The van der Waals surface area contributed by atoms with E-state index >= 15 is 0 Å². The van der Waals surface area contributed by atoms with E-state index in [0.717, 1.165) is 44.2 Å². The summed E-state index contributed by atoms with van der Waals surface area (Å²) >= 11 is 0.845. The minimum Gasteiger partial charge on any atom is -0.481 e. The number of carbonyl (C=O) groups is 2. The first-order valence-electron chi connectivity index (χ1n) is 10.2. The second-order valence-corrected chi connectivity index (χ2v) is 8.52. The minimum atomic E-state index is -0.468. The van der Waals surface area contributed by atoms with E-state index in [4.69, 9.17) is 4.74 Å². The Morgan fingerprint density at radius 2 is 2.09 bits per heavy atom. The Morgan fingerprint density at radius 3 is 2.78 bits per heavy atom. The molecule has 2 saturated heterocycles. The Morgan fingerprint density at radius 1 is 1.28 bits per heavy atom. The van der Waals surface area contributed by atoms with Crippen LogP contribution in [-0.4, -0.2) is 52.8 Å². The predicted octanol–water partition coefficient (Wildman–Crippen LogP) is 2.35. The topological polar surface area (TPSA) is 109 Å². The standard InChI is InChI=1S/C21H23FN6O3S/c1-31-18-10-15(9-16-19(29)27-21(30)32-16)25-20(26-18)28-7-5-13(6-8-28)11-23-12-14-3-2-4-17(22)24-14/h2-4,9-10,13,23H,5-8,11-12H2,1H3,(H,27,29,30)/b16-9-. The van der Waals surface area contributed by atoms with Crippen LogP contribution in [0.1, 0.15) is 24.2 Å². The smallest absolute Gasteiger partial charge is 0.290 e. The fourth-order valence-electron chi connectivity index (χ4n) is 3.60. The van der Waals surface area contributed by atoms with Crippen LogP contribution >= 0.6 is 11.8 Å². The van der Waals surface area contributed by atoms with Gasteiger partial charge in [-0.1, -0.05) is 6.07 Å². The second kappa shape index (κ2) is 10.0. The van der Waals surface area contributed by atoms with Gasteiger partial charge in [-0.05, 0) is 55.3 Å². The van der Waals surface area contributed by atoms with Crippen molar-refractivity contribution in [2.24, 2.45) is 5.92 Å². The number of rotatable bonds is 7. The first-order valence-corrected chi connectivity index (χ1v) is 11.1. The van der Waals surface area contributed by atoms with Crippen molar-refractivity contribution in [1.29, 1.82) is 0 Å². The number of methoxy groups -OCH3 is 1. The molecule has 4 heterocycles. The molecule has 2 fully saturated rings. The van der Waals surface area contributed by atoms with Crippen molar-refractivity contribution in [1.82, 2.24) is 25.6 Å². The molecule has 0 aromatic carbocycles. The zero-order chi connectivity index (χ0) is 22.5. The molecular weight excluding hydrogens is 435 g/mol. The number of amides is 2. The molecule has 11 heteroatoms. The molecule has 0 bridgehead atoms. The van der Waals surface area contributed by atoms with Gasteiger partial charge < -0.3 is 15.0 Å². The van der Waals surface area contributed by atoms with Crippen LogP contribution in [0.4, 0.5) is 15.1 Å². The van der Waals surface area contributed by atoms with Gasteiger partial charge in [0.25, 0.3) is 11.1 Å². The van der Waals surface area contributed by atoms with Gasteiger partial charge in [0.2, 0.25) is 17.8 Å². The molecule has 0 unspecified atom stereocenters. The summed E-state index contributed by atoms with van der Waals surface area (Å²) in [6, 6.07) is 6.42. The SMILES string of the molecule is COc1cc(/C=C2\SC(=O)NC2=O)nc(N2CCC(CNCc3cccc(F)n3)CC2)n1. The predicted molar refractivity (Wildman–Crippen MR) is 119 cm³/mol. The van der Waals surface area contributed by atoms with E-state index in [2.05, 4.69) is 30.5 Å². The molecule has 9 nitrogen and oxygen atoms in total. The van der Waals surface area contributed by atoms with Crippen molar-refractivity contribution >= 4 is 34.9 Å². The number of ether oxygens (including phenoxy) is 1. The Labute approximate surface area is 188 Å². The molecule has 2 aromatic rings. The van der Waals surface area contributed by atoms with E-state index in [9.17, 15) is 14.0 Å². The number of halogens is 1. The lowest BCUT2D eigenvalue weighted by Gasteiger charge is -2.32. The van der Waals surface area contributed by atoms with Crippen molar-refractivity contribution in [3.63, 3.8) is 0 Å². The van der Waals surface area contributed by atoms with Crippen LogP contribution < -0.4 is 20.3 Å². The fraction of sp³-hybridized carbons (Fsp3) is 0.381. The van der Waals surface area contributed by atoms with Crippen molar-refractivity contribution in [3.05, 3.63) is 46.5 Å². The fourth-order valence-corrected chi connectivity index (χ4v) is 4.26. The summed E-state index contributed by atoms with van der Waals surface area (Å²) < 4.78 is 18.5. The molecule has 0 spiro atoms. The van der Waals surface area contributed by atoms with Crippen LogP contribution in [0.3, 0.4) is 0 Å². The lowest BCUT2D eigenvalue weighted by Crippen LogP contribution is -2.38. The van der Waals surface area contributed by atoms with E-state index in [1.807, 2.05) is 0 Å². The monoisotopic (exact) mass is 458 g/mol. The molecule has 168 valence electrons. The van der Waals surface area contributed by atoms with Crippen molar-refractivity contribution < 1.29 is 18.7 Å². The Bertz CT molecular complexity index is 1040. The molecule has 2 N–H and O–H groups in total. The molecule has 0 atom stereocenters. The zero-order valence-electron chi connectivity index (χ0n) is 17.5. The van der Waals surface area contributed by atoms with E-state index in [1.54, 1.807) is 24.3 Å². The molecule has 2 aromatic heterocycles. The molecule has 2 aliphatic rings. The quantitative estimate of drug-likeness (QED) is 0.477. The molecule has 4 rings (SSSR count). The van der Waals surface area contributed by atoms with E-state index in [1.165, 1.54) is 13.2 Å². The van der Waals surface area contributed by atoms with Crippen LogP contribution in [0, 0.1) is 11.9 Å². The highest BCUT2D eigenvalue weighted by atomic mass is 32.2. The van der Waals surface area contributed by atoms with Crippen LogP contribution in [0.15, 0.2) is 29.2 Å². The highest BCUT2D eigenvalue weighted by molar-refractivity contribution is 8.18. The molecule has 0 radical (unpaired) electrons. The molecule has 0 saturated carbocycles. The van der Waals surface area contributed by atoms with Crippen LogP contribution in [-0.2, 0) is 11.3 Å². The van der Waals surface area contributed by atoms with Crippen molar-refractivity contribution in [3.8, 4) is 5.88 Å². The van der Waals surface area contributed by atoms with Gasteiger partial charge in [0.05, 0.1) is 23.4 Å². The molecular formula is C21H23FN6O3S. The summed E-state index contributed by atoms with van der Waals surface area (Å²) in [6.45, 7) is 2.91. The van der Waals surface area contributed by atoms with Gasteiger partial charge >= 0.3 is 0 Å². The number of pyridine rings is 1. The summed E-state index contributed by atoms with van der Waals surface area (Å²) in [5.74, 6) is 0.506. The first-order chi connectivity index (χ1) is 15.5. The number of carbonyl (C=O) groups excluding carboxylic acids is 2. The number of aromatic nitrogens is 3. The largest absolute Gasteiger partial charge is 0.481 e. The van der Waals surface area contributed by atoms with Gasteiger partial charge in [-0.25, -0.2) is 9.97 Å². The lowest BCUT2D eigenvalue weighted by atomic mass is 9.97. The third-order valence-corrected chi connectivity index (χ3v) is 6.06. The highest BCUT2D eigenvalue weighted by Crippen LogP contribution is 2.27. The number of imide groups is 1. The maximum atomic E-state index is 13.2. The van der Waals surface area contributed by atoms with Gasteiger partial charge in [-0.15, -0.1) is 0 Å². The third-order valence-electron chi connectivity index (χ3n) is 5.25. The number of hydrogen-bond acceptors (Lipinski definition) is 9. The van der Waals surface area contributed by atoms with Gasteiger partial charge in [-0.3, -0.25) is 14.9 Å². The van der Waals surface area contributed by atoms with E-state index < -0.39 is 17.1 Å². The molecule has 32 heavy (non-hydrogen) atoms. The number of hydrogen-bond donors (Lipinski definition) is 2. The van der Waals surface area contributed by atoms with Crippen molar-refractivity contribution in [2.75, 3.05) is 31.6 Å². The highest BCUT2D eigenvalue weighted by Gasteiger charge is 2.26. The number of piperidine rings is 1. The average molecular weight is 459 g/mol. The summed E-state index contributed by atoms with van der Waals surface area (Å²) in [5, 5.41) is 5.19. The van der Waals surface area contributed by atoms with Crippen molar-refractivity contribution in [2.45, 2.75) is 19.4 Å². The Kier molecular flexibility index (Phi) is 6.96. The first kappa shape index (κ1) is 22.2. The van der Waals surface area contributed by atoms with Gasteiger partial charge in [0.1, 0.15) is 0 Å². The number of nitrogens with one attached hydrogen (secondary N) is 2. The molecule has 2 amide bonds. The summed E-state index contributed by atoms with van der Waals surface area (Å²) in [6.07, 6.45) is 3.47.